The summed E-state index contributed by atoms with van der Waals surface area (Å²) < 4.78 is 3.29. The molecule has 1 aromatic carbocycles. The van der Waals surface area contributed by atoms with E-state index in [1.807, 2.05) is 50.5 Å². The van der Waals surface area contributed by atoms with Crippen LogP contribution >= 0.6 is 0 Å². The van der Waals surface area contributed by atoms with Gasteiger partial charge in [-0.25, -0.2) is 9.59 Å². The van der Waals surface area contributed by atoms with E-state index in [1.54, 1.807) is 9.13 Å². The fraction of sp³-hybridized carbons (Fsp3) is 0.588. The molecule has 8 nitrogen and oxygen atoms in total. The Kier molecular flexibility index (Phi) is 14.3. The van der Waals surface area contributed by atoms with Crippen LogP contribution in [0.3, 0.4) is 0 Å². The molecule has 2 aromatic heterocycles. The molecule has 8 heteroatoms. The van der Waals surface area contributed by atoms with Gasteiger partial charge in [0.25, 0.3) is 0 Å². The molecule has 0 aliphatic carbocycles. The standard InChI is InChI=1S/C34H52N6O2/c1-5-7-9-11-13-15-20-35-31-27(3)23-39(33(41)37-31)25-29-18-17-19-30(22-29)26-40-24-28(4)32(38-34(40)42)36-21-16-14-12-10-8-6-2/h17-19,22-24H,5-16,20-21,25-26H2,1-4H3,(H,35,37,41)(H,36,38,42). The second kappa shape index (κ2) is 18.2. The van der Waals surface area contributed by atoms with Crippen molar-refractivity contribution in [2.75, 3.05) is 23.7 Å². The zero-order valence-corrected chi connectivity index (χ0v) is 26.4. The van der Waals surface area contributed by atoms with Crippen molar-refractivity contribution in [3.8, 4) is 0 Å². The normalized spacial score (nSPS) is 11.1. The minimum Gasteiger partial charge on any atom is -0.370 e. The minimum atomic E-state index is -0.267. The molecule has 3 aromatic rings. The average molecular weight is 577 g/mol. The van der Waals surface area contributed by atoms with Gasteiger partial charge in [-0.05, 0) is 37.8 Å². The molecule has 0 atom stereocenters. The predicted octanol–water partition coefficient (Wildman–Crippen LogP) is 7.06. The predicted molar refractivity (Wildman–Crippen MR) is 175 cm³/mol. The number of nitrogens with zero attached hydrogens (tertiary/aromatic N) is 4. The van der Waals surface area contributed by atoms with E-state index in [1.165, 1.54) is 64.2 Å². The van der Waals surface area contributed by atoms with E-state index < -0.39 is 0 Å². The van der Waals surface area contributed by atoms with Crippen LogP contribution in [0.4, 0.5) is 11.6 Å². The first-order valence-electron chi connectivity index (χ1n) is 16.1. The van der Waals surface area contributed by atoms with Crippen LogP contribution in [-0.4, -0.2) is 32.2 Å². The molecule has 0 unspecified atom stereocenters. The molecule has 0 amide bonds. The third kappa shape index (κ3) is 11.1. The van der Waals surface area contributed by atoms with Crippen LogP contribution in [-0.2, 0) is 13.1 Å². The maximum Gasteiger partial charge on any atom is 0.349 e. The lowest BCUT2D eigenvalue weighted by atomic mass is 10.1. The molecule has 42 heavy (non-hydrogen) atoms. The smallest absolute Gasteiger partial charge is 0.349 e. The van der Waals surface area contributed by atoms with Crippen LogP contribution in [0.1, 0.15) is 113 Å². The first-order valence-corrected chi connectivity index (χ1v) is 16.1. The number of hydrogen-bond acceptors (Lipinski definition) is 6. The van der Waals surface area contributed by atoms with Gasteiger partial charge in [-0.2, -0.15) is 9.97 Å². The van der Waals surface area contributed by atoms with Crippen LogP contribution in [0.15, 0.2) is 46.2 Å². The third-order valence-corrected chi connectivity index (χ3v) is 7.70. The van der Waals surface area contributed by atoms with Crippen molar-refractivity contribution >= 4 is 11.6 Å². The SMILES string of the molecule is CCCCCCCCNc1nc(=O)n(Cc2cccc(Cn3cc(C)c(NCCCCCCCC)nc3=O)c2)cc1C. The van der Waals surface area contributed by atoms with Gasteiger partial charge in [0.05, 0.1) is 13.1 Å². The Morgan fingerprint density at radius 1 is 0.619 bits per heavy atom. The molecule has 2 heterocycles. The second-order valence-electron chi connectivity index (χ2n) is 11.6. The van der Waals surface area contributed by atoms with Crippen molar-refractivity contribution < 1.29 is 0 Å². The fourth-order valence-corrected chi connectivity index (χ4v) is 5.22. The number of anilines is 2. The number of aromatic nitrogens is 4. The summed E-state index contributed by atoms with van der Waals surface area (Å²) in [5, 5.41) is 6.68. The lowest BCUT2D eigenvalue weighted by Gasteiger charge is -2.13. The highest BCUT2D eigenvalue weighted by Gasteiger charge is 2.09. The molecule has 2 N–H and O–H groups in total. The van der Waals surface area contributed by atoms with E-state index >= 15 is 0 Å². The van der Waals surface area contributed by atoms with Crippen molar-refractivity contribution in [2.45, 2.75) is 118 Å². The van der Waals surface area contributed by atoms with Gasteiger partial charge in [0.15, 0.2) is 0 Å². The van der Waals surface area contributed by atoms with Crippen molar-refractivity contribution in [3.05, 3.63) is 79.9 Å². The van der Waals surface area contributed by atoms with Crippen LogP contribution in [0.5, 0.6) is 0 Å². The van der Waals surface area contributed by atoms with Gasteiger partial charge < -0.3 is 10.6 Å². The zero-order chi connectivity index (χ0) is 30.2. The van der Waals surface area contributed by atoms with Gasteiger partial charge >= 0.3 is 11.4 Å². The Bertz CT molecular complexity index is 1250. The van der Waals surface area contributed by atoms with Gasteiger partial charge in [0.2, 0.25) is 0 Å². The van der Waals surface area contributed by atoms with E-state index in [4.69, 9.17) is 0 Å². The molecule has 0 spiro atoms. The summed E-state index contributed by atoms with van der Waals surface area (Å²) in [4.78, 5) is 34.2. The highest BCUT2D eigenvalue weighted by atomic mass is 16.1. The summed E-state index contributed by atoms with van der Waals surface area (Å²) in [5.74, 6) is 1.34. The Balaban J connectivity index is 1.55. The van der Waals surface area contributed by atoms with Gasteiger partial charge in [-0.15, -0.1) is 0 Å². The van der Waals surface area contributed by atoms with Crippen LogP contribution in [0.2, 0.25) is 0 Å². The van der Waals surface area contributed by atoms with Gasteiger partial charge in [0.1, 0.15) is 11.6 Å². The summed E-state index contributed by atoms with van der Waals surface area (Å²) in [6.07, 6.45) is 18.5. The molecule has 0 saturated carbocycles. The first-order chi connectivity index (χ1) is 20.4. The summed E-state index contributed by atoms with van der Waals surface area (Å²) in [5.41, 5.74) is 3.34. The number of benzene rings is 1. The summed E-state index contributed by atoms with van der Waals surface area (Å²) >= 11 is 0. The Morgan fingerprint density at radius 3 is 1.45 bits per heavy atom. The molecule has 0 fully saturated rings. The minimum absolute atomic E-state index is 0.267. The summed E-state index contributed by atoms with van der Waals surface area (Å²) in [7, 11) is 0. The van der Waals surface area contributed by atoms with Gasteiger partial charge in [0, 0.05) is 36.6 Å². The van der Waals surface area contributed by atoms with E-state index in [2.05, 4.69) is 34.4 Å². The molecule has 230 valence electrons. The van der Waals surface area contributed by atoms with Crippen LogP contribution < -0.4 is 22.0 Å². The molecule has 0 aliphatic heterocycles. The highest BCUT2D eigenvalue weighted by Crippen LogP contribution is 2.14. The van der Waals surface area contributed by atoms with E-state index in [9.17, 15) is 9.59 Å². The number of unbranched alkanes of at least 4 members (excludes halogenated alkanes) is 10. The highest BCUT2D eigenvalue weighted by molar-refractivity contribution is 5.42. The summed E-state index contributed by atoms with van der Waals surface area (Å²) in [6, 6.07) is 8.00. The zero-order valence-electron chi connectivity index (χ0n) is 26.4. The maximum absolute atomic E-state index is 12.8. The molecule has 0 saturated heterocycles. The molecule has 3 rings (SSSR count). The molecular formula is C34H52N6O2. The Morgan fingerprint density at radius 2 is 1.02 bits per heavy atom. The van der Waals surface area contributed by atoms with E-state index in [0.717, 1.165) is 48.2 Å². The lowest BCUT2D eigenvalue weighted by molar-refractivity contribution is 0.616. The monoisotopic (exact) mass is 576 g/mol. The third-order valence-electron chi connectivity index (χ3n) is 7.70. The Hall–Kier alpha value is -3.42. The van der Waals surface area contributed by atoms with Gasteiger partial charge in [-0.3, -0.25) is 9.13 Å². The quantitative estimate of drug-likeness (QED) is 0.140. The molecule has 0 radical (unpaired) electrons. The van der Waals surface area contributed by atoms with Crippen LogP contribution in [0.25, 0.3) is 0 Å². The number of aryl methyl sites for hydroxylation is 2. The largest absolute Gasteiger partial charge is 0.370 e. The van der Waals surface area contributed by atoms with Crippen molar-refractivity contribution in [1.82, 2.24) is 19.1 Å². The Labute approximate surface area is 252 Å². The second-order valence-corrected chi connectivity index (χ2v) is 11.6. The van der Waals surface area contributed by atoms with Crippen LogP contribution in [0, 0.1) is 13.8 Å². The lowest BCUT2D eigenvalue weighted by Crippen LogP contribution is -2.26. The number of rotatable bonds is 20. The topological polar surface area (TPSA) is 93.8 Å². The van der Waals surface area contributed by atoms with E-state index in [-0.39, 0.29) is 11.4 Å². The average Bonchev–Trinajstić information content (AvgIpc) is 2.97. The fourth-order valence-electron chi connectivity index (χ4n) is 5.22. The first kappa shape index (κ1) is 33.1. The molecule has 0 bridgehead atoms. The van der Waals surface area contributed by atoms with Gasteiger partial charge in [-0.1, -0.05) is 102 Å². The molecule has 0 aliphatic rings. The number of hydrogen-bond donors (Lipinski definition) is 2. The van der Waals surface area contributed by atoms with Crippen molar-refractivity contribution in [3.63, 3.8) is 0 Å². The maximum atomic E-state index is 12.8. The number of nitrogens with one attached hydrogen (secondary N) is 2. The van der Waals surface area contributed by atoms with Crippen molar-refractivity contribution in [1.29, 1.82) is 0 Å². The van der Waals surface area contributed by atoms with E-state index in [0.29, 0.717) is 24.7 Å². The van der Waals surface area contributed by atoms with Crippen molar-refractivity contribution in [2.24, 2.45) is 0 Å². The summed E-state index contributed by atoms with van der Waals surface area (Å²) in [6.45, 7) is 10.9. The molecular weight excluding hydrogens is 524 g/mol.